The Kier molecular flexibility index (Phi) is 4.85. The third-order valence-corrected chi connectivity index (χ3v) is 2.17. The highest BCUT2D eigenvalue weighted by Crippen LogP contribution is 2.20. The second-order valence-corrected chi connectivity index (χ2v) is 3.73. The summed E-state index contributed by atoms with van der Waals surface area (Å²) in [4.78, 5) is 25.6. The van der Waals surface area contributed by atoms with Crippen molar-refractivity contribution in [2.75, 3.05) is 0 Å². The lowest BCUT2D eigenvalue weighted by molar-refractivity contribution is -0.144. The van der Waals surface area contributed by atoms with Crippen molar-refractivity contribution in [2.45, 2.75) is 25.6 Å². The van der Waals surface area contributed by atoms with Crippen LogP contribution in [0.4, 0.5) is 13.2 Å². The van der Waals surface area contributed by atoms with Crippen molar-refractivity contribution in [3.05, 3.63) is 29.6 Å². The summed E-state index contributed by atoms with van der Waals surface area (Å²) in [5.74, 6) is -1.91. The molecule has 1 aromatic heterocycles. The smallest absolute Gasteiger partial charge is 0.389 e. The van der Waals surface area contributed by atoms with E-state index in [1.54, 1.807) is 0 Å². The Labute approximate surface area is 106 Å². The van der Waals surface area contributed by atoms with E-state index in [0.717, 1.165) is 0 Å². The number of hydrogen-bond donors (Lipinski definition) is 2. The topological polar surface area (TPSA) is 79.3 Å². The lowest BCUT2D eigenvalue weighted by atomic mass is 10.2. The van der Waals surface area contributed by atoms with Crippen LogP contribution in [0.15, 0.2) is 18.3 Å². The summed E-state index contributed by atoms with van der Waals surface area (Å²) >= 11 is 0. The molecule has 0 aromatic carbocycles. The number of aromatic carboxylic acids is 1. The van der Waals surface area contributed by atoms with Crippen molar-refractivity contribution >= 4 is 11.9 Å². The lowest BCUT2D eigenvalue weighted by Crippen LogP contribution is -2.25. The van der Waals surface area contributed by atoms with Crippen LogP contribution in [-0.2, 0) is 11.3 Å². The zero-order valence-corrected chi connectivity index (χ0v) is 9.70. The second-order valence-electron chi connectivity index (χ2n) is 3.73. The molecular weight excluding hydrogens is 265 g/mol. The molecule has 5 nitrogen and oxygen atoms in total. The molecule has 0 fully saturated rings. The molecule has 0 saturated heterocycles. The SMILES string of the molecule is O=C(CCC(F)(F)F)NCc1cc(C(=O)O)ccn1. The van der Waals surface area contributed by atoms with Crippen LogP contribution in [0.3, 0.4) is 0 Å². The van der Waals surface area contributed by atoms with E-state index in [4.69, 9.17) is 5.11 Å². The molecule has 0 unspecified atom stereocenters. The number of nitrogens with zero attached hydrogens (tertiary/aromatic N) is 1. The Bertz CT molecular complexity index is 474. The van der Waals surface area contributed by atoms with Gasteiger partial charge >= 0.3 is 12.1 Å². The van der Waals surface area contributed by atoms with Crippen molar-refractivity contribution in [1.29, 1.82) is 0 Å². The van der Waals surface area contributed by atoms with Gasteiger partial charge in [0.05, 0.1) is 24.2 Å². The van der Waals surface area contributed by atoms with Gasteiger partial charge in [0, 0.05) is 12.6 Å². The van der Waals surface area contributed by atoms with Gasteiger partial charge in [-0.3, -0.25) is 9.78 Å². The number of alkyl halides is 3. The fourth-order valence-corrected chi connectivity index (χ4v) is 1.24. The summed E-state index contributed by atoms with van der Waals surface area (Å²) in [6.07, 6.45) is -4.98. The van der Waals surface area contributed by atoms with E-state index in [-0.39, 0.29) is 17.8 Å². The van der Waals surface area contributed by atoms with Crippen LogP contribution in [0.25, 0.3) is 0 Å². The molecule has 0 saturated carbocycles. The van der Waals surface area contributed by atoms with E-state index in [0.29, 0.717) is 0 Å². The number of carbonyl (C=O) groups excluding carboxylic acids is 1. The number of pyridine rings is 1. The van der Waals surface area contributed by atoms with E-state index >= 15 is 0 Å². The van der Waals surface area contributed by atoms with Crippen LogP contribution < -0.4 is 5.32 Å². The summed E-state index contributed by atoms with van der Waals surface area (Å²) in [5.41, 5.74) is 0.259. The highest BCUT2D eigenvalue weighted by molar-refractivity contribution is 5.87. The third kappa shape index (κ3) is 5.84. The van der Waals surface area contributed by atoms with Gasteiger partial charge in [0.2, 0.25) is 5.91 Å². The molecule has 1 aromatic rings. The molecule has 8 heteroatoms. The van der Waals surface area contributed by atoms with E-state index in [9.17, 15) is 22.8 Å². The van der Waals surface area contributed by atoms with Gasteiger partial charge in [0.15, 0.2) is 0 Å². The van der Waals surface area contributed by atoms with Gasteiger partial charge < -0.3 is 10.4 Å². The number of carboxylic acid groups (broad SMARTS) is 1. The van der Waals surface area contributed by atoms with Crippen LogP contribution >= 0.6 is 0 Å². The predicted molar refractivity (Wildman–Crippen MR) is 58.3 cm³/mol. The molecule has 0 aliphatic heterocycles. The molecule has 0 atom stereocenters. The highest BCUT2D eigenvalue weighted by atomic mass is 19.4. The first-order valence-electron chi connectivity index (χ1n) is 5.29. The lowest BCUT2D eigenvalue weighted by Gasteiger charge is -2.07. The molecule has 104 valence electrons. The molecule has 0 aliphatic rings. The van der Waals surface area contributed by atoms with Gasteiger partial charge in [-0.25, -0.2) is 4.79 Å². The number of amides is 1. The molecule has 1 rings (SSSR count). The summed E-state index contributed by atoms with van der Waals surface area (Å²) in [6, 6.07) is 2.52. The quantitative estimate of drug-likeness (QED) is 0.858. The van der Waals surface area contributed by atoms with E-state index < -0.39 is 30.9 Å². The van der Waals surface area contributed by atoms with Crippen molar-refractivity contribution in [1.82, 2.24) is 10.3 Å². The van der Waals surface area contributed by atoms with Crippen LogP contribution in [-0.4, -0.2) is 28.1 Å². The summed E-state index contributed by atoms with van der Waals surface area (Å²) in [7, 11) is 0. The maximum Gasteiger partial charge on any atom is 0.389 e. The summed E-state index contributed by atoms with van der Waals surface area (Å²) in [6.45, 7) is -0.113. The standard InChI is InChI=1S/C11H11F3N2O3/c12-11(13,14)3-1-9(17)16-6-8-5-7(10(18)19)2-4-15-8/h2,4-5H,1,3,6H2,(H,16,17)(H,18,19). The number of carbonyl (C=O) groups is 2. The predicted octanol–water partition coefficient (Wildman–Crippen LogP) is 1.74. The average Bonchev–Trinajstić information content (AvgIpc) is 2.33. The first-order chi connectivity index (χ1) is 8.78. The van der Waals surface area contributed by atoms with Crippen molar-refractivity contribution in [3.63, 3.8) is 0 Å². The summed E-state index contributed by atoms with van der Waals surface area (Å²) in [5, 5.41) is 11.0. The number of halogens is 3. The molecule has 0 bridgehead atoms. The number of hydrogen-bond acceptors (Lipinski definition) is 3. The zero-order valence-electron chi connectivity index (χ0n) is 9.70. The maximum absolute atomic E-state index is 11.9. The van der Waals surface area contributed by atoms with E-state index in [1.807, 2.05) is 0 Å². The minimum Gasteiger partial charge on any atom is -0.478 e. The van der Waals surface area contributed by atoms with E-state index in [2.05, 4.69) is 10.3 Å². The normalized spacial score (nSPS) is 11.1. The van der Waals surface area contributed by atoms with Gasteiger partial charge in [-0.15, -0.1) is 0 Å². The average molecular weight is 276 g/mol. The highest BCUT2D eigenvalue weighted by Gasteiger charge is 2.27. The second kappa shape index (κ2) is 6.17. The van der Waals surface area contributed by atoms with Gasteiger partial charge in [-0.05, 0) is 12.1 Å². The van der Waals surface area contributed by atoms with Gasteiger partial charge in [-0.1, -0.05) is 0 Å². The molecule has 1 heterocycles. The van der Waals surface area contributed by atoms with Crippen molar-refractivity contribution in [2.24, 2.45) is 0 Å². The van der Waals surface area contributed by atoms with Crippen LogP contribution in [0, 0.1) is 0 Å². The van der Waals surface area contributed by atoms with Crippen molar-refractivity contribution in [3.8, 4) is 0 Å². The van der Waals surface area contributed by atoms with Crippen LogP contribution in [0.1, 0.15) is 28.9 Å². The molecule has 19 heavy (non-hydrogen) atoms. The minimum absolute atomic E-state index is 0.00506. The molecule has 0 spiro atoms. The third-order valence-electron chi connectivity index (χ3n) is 2.17. The Balaban J connectivity index is 2.46. The molecule has 0 aliphatic carbocycles. The molecule has 2 N–H and O–H groups in total. The zero-order chi connectivity index (χ0) is 14.5. The van der Waals surface area contributed by atoms with Crippen LogP contribution in [0.2, 0.25) is 0 Å². The fraction of sp³-hybridized carbons (Fsp3) is 0.364. The number of nitrogens with one attached hydrogen (secondary N) is 1. The van der Waals surface area contributed by atoms with Crippen LogP contribution in [0.5, 0.6) is 0 Å². The number of carboxylic acids is 1. The van der Waals surface area contributed by atoms with E-state index in [1.165, 1.54) is 18.3 Å². The Morgan fingerprint density at radius 1 is 1.37 bits per heavy atom. The number of aromatic nitrogens is 1. The van der Waals surface area contributed by atoms with Gasteiger partial charge in [0.25, 0.3) is 0 Å². The maximum atomic E-state index is 11.9. The minimum atomic E-state index is -4.38. The molecule has 0 radical (unpaired) electrons. The Morgan fingerprint density at radius 2 is 2.05 bits per heavy atom. The molecular formula is C11H11F3N2O3. The fourth-order valence-electron chi connectivity index (χ4n) is 1.24. The Morgan fingerprint density at radius 3 is 2.63 bits per heavy atom. The Hall–Kier alpha value is -2.12. The summed E-state index contributed by atoms with van der Waals surface area (Å²) < 4.78 is 35.6. The van der Waals surface area contributed by atoms with Crippen molar-refractivity contribution < 1.29 is 27.9 Å². The first-order valence-corrected chi connectivity index (χ1v) is 5.29. The number of rotatable bonds is 5. The largest absolute Gasteiger partial charge is 0.478 e. The van der Waals surface area contributed by atoms with Gasteiger partial charge in [-0.2, -0.15) is 13.2 Å². The monoisotopic (exact) mass is 276 g/mol. The molecule has 1 amide bonds. The van der Waals surface area contributed by atoms with Gasteiger partial charge in [0.1, 0.15) is 0 Å². The first kappa shape index (κ1) is 14.9.